The van der Waals surface area contributed by atoms with Crippen LogP contribution in [0.5, 0.6) is 0 Å². The van der Waals surface area contributed by atoms with Crippen molar-refractivity contribution in [2.75, 3.05) is 4.90 Å². The molecule has 0 saturated heterocycles. The molecule has 0 atom stereocenters. The van der Waals surface area contributed by atoms with Gasteiger partial charge in [-0.2, -0.15) is 0 Å². The summed E-state index contributed by atoms with van der Waals surface area (Å²) in [5, 5.41) is 6.93. The zero-order valence-corrected chi connectivity index (χ0v) is 35.5. The molecule has 1 aliphatic carbocycles. The Morgan fingerprint density at radius 3 is 1.58 bits per heavy atom. The fraction of sp³-hybridized carbons (Fsp3) is 0.0159. The van der Waals surface area contributed by atoms with Crippen LogP contribution in [-0.4, -0.2) is 0 Å². The van der Waals surface area contributed by atoms with Crippen LogP contribution in [0.3, 0.4) is 0 Å². The maximum absolute atomic E-state index is 7.00. The monoisotopic (exact) mass is 827 g/mol. The molecule has 0 unspecified atom stereocenters. The van der Waals surface area contributed by atoms with Gasteiger partial charge in [-0.1, -0.05) is 224 Å². The molecular formula is C63H41NO. The fourth-order valence-corrected chi connectivity index (χ4v) is 11.0. The Morgan fingerprint density at radius 2 is 0.862 bits per heavy atom. The Balaban J connectivity index is 1.17. The van der Waals surface area contributed by atoms with Gasteiger partial charge in [0.1, 0.15) is 5.58 Å². The topological polar surface area (TPSA) is 16.4 Å². The Bertz CT molecular complexity index is 3720. The number of hydrogen-bond acceptors (Lipinski definition) is 2. The fourth-order valence-electron chi connectivity index (χ4n) is 11.0. The maximum Gasteiger partial charge on any atom is 0.159 e. The molecule has 13 rings (SSSR count). The molecule has 0 N–H and O–H groups in total. The van der Waals surface area contributed by atoms with Crippen molar-refractivity contribution < 1.29 is 4.42 Å². The highest BCUT2D eigenvalue weighted by Gasteiger charge is 2.46. The molecule has 0 saturated carbocycles. The van der Waals surface area contributed by atoms with Crippen LogP contribution >= 0.6 is 0 Å². The van der Waals surface area contributed by atoms with E-state index in [0.29, 0.717) is 0 Å². The first kappa shape index (κ1) is 37.1. The van der Waals surface area contributed by atoms with Crippen LogP contribution in [-0.2, 0) is 5.41 Å². The van der Waals surface area contributed by atoms with E-state index in [0.717, 1.165) is 55.5 Å². The average molecular weight is 828 g/mol. The van der Waals surface area contributed by atoms with Gasteiger partial charge in [0.15, 0.2) is 5.58 Å². The van der Waals surface area contributed by atoms with Gasteiger partial charge in [-0.15, -0.1) is 0 Å². The van der Waals surface area contributed by atoms with E-state index in [2.05, 4.69) is 254 Å². The van der Waals surface area contributed by atoms with Crippen molar-refractivity contribution in [1.29, 1.82) is 0 Å². The molecule has 1 aliphatic rings. The zero-order chi connectivity index (χ0) is 42.9. The molecule has 0 amide bonds. The van der Waals surface area contributed by atoms with Gasteiger partial charge in [-0.25, -0.2) is 0 Å². The lowest BCUT2D eigenvalue weighted by molar-refractivity contribution is 0.669. The summed E-state index contributed by atoms with van der Waals surface area (Å²) in [5.74, 6) is 0. The third-order valence-corrected chi connectivity index (χ3v) is 13.7. The molecule has 0 bridgehead atoms. The number of fused-ring (bicyclic) bond motifs is 9. The molecular weight excluding hydrogens is 787 g/mol. The summed E-state index contributed by atoms with van der Waals surface area (Å²) >= 11 is 0. The van der Waals surface area contributed by atoms with E-state index in [4.69, 9.17) is 4.42 Å². The van der Waals surface area contributed by atoms with Gasteiger partial charge in [0.2, 0.25) is 0 Å². The zero-order valence-electron chi connectivity index (χ0n) is 35.5. The van der Waals surface area contributed by atoms with Crippen molar-refractivity contribution in [3.05, 3.63) is 271 Å². The lowest BCUT2D eigenvalue weighted by Crippen LogP contribution is -2.28. The first-order valence-electron chi connectivity index (χ1n) is 22.4. The predicted molar refractivity (Wildman–Crippen MR) is 272 cm³/mol. The predicted octanol–water partition coefficient (Wildman–Crippen LogP) is 17.1. The minimum atomic E-state index is -0.580. The molecule has 11 aromatic carbocycles. The van der Waals surface area contributed by atoms with Gasteiger partial charge in [-0.3, -0.25) is 0 Å². The van der Waals surface area contributed by atoms with Crippen LogP contribution in [0.15, 0.2) is 253 Å². The molecule has 65 heavy (non-hydrogen) atoms. The normalized spacial score (nSPS) is 12.7. The molecule has 0 fully saturated rings. The molecule has 0 radical (unpaired) electrons. The summed E-state index contributed by atoms with van der Waals surface area (Å²) in [6.07, 6.45) is 0. The number of anilines is 3. The van der Waals surface area contributed by atoms with Crippen molar-refractivity contribution in [2.45, 2.75) is 5.41 Å². The lowest BCUT2D eigenvalue weighted by atomic mass is 9.67. The number of benzene rings is 11. The van der Waals surface area contributed by atoms with E-state index >= 15 is 0 Å². The highest BCUT2D eigenvalue weighted by molar-refractivity contribution is 6.23. The average Bonchev–Trinajstić information content (AvgIpc) is 3.92. The van der Waals surface area contributed by atoms with Crippen LogP contribution in [0.4, 0.5) is 17.1 Å². The van der Waals surface area contributed by atoms with Crippen molar-refractivity contribution in [3.8, 4) is 33.4 Å². The maximum atomic E-state index is 7.00. The van der Waals surface area contributed by atoms with Crippen LogP contribution in [0.2, 0.25) is 0 Å². The van der Waals surface area contributed by atoms with Crippen molar-refractivity contribution in [2.24, 2.45) is 0 Å². The minimum Gasteiger partial charge on any atom is -0.454 e. The summed E-state index contributed by atoms with van der Waals surface area (Å²) in [7, 11) is 0. The van der Waals surface area contributed by atoms with Gasteiger partial charge in [-0.05, 0) is 90.5 Å². The van der Waals surface area contributed by atoms with Crippen LogP contribution in [0.25, 0.3) is 76.9 Å². The van der Waals surface area contributed by atoms with Crippen molar-refractivity contribution in [1.82, 2.24) is 0 Å². The number of furan rings is 1. The summed E-state index contributed by atoms with van der Waals surface area (Å²) in [4.78, 5) is 2.50. The highest BCUT2D eigenvalue weighted by atomic mass is 16.3. The Hall–Kier alpha value is -8.46. The van der Waals surface area contributed by atoms with Crippen molar-refractivity contribution >= 4 is 60.5 Å². The van der Waals surface area contributed by atoms with E-state index in [1.165, 1.54) is 60.7 Å². The van der Waals surface area contributed by atoms with Crippen LogP contribution < -0.4 is 4.90 Å². The van der Waals surface area contributed by atoms with Gasteiger partial charge in [0.05, 0.1) is 16.8 Å². The second-order valence-electron chi connectivity index (χ2n) is 17.1. The molecule has 1 heterocycles. The summed E-state index contributed by atoms with van der Waals surface area (Å²) < 4.78 is 7.00. The second-order valence-corrected chi connectivity index (χ2v) is 17.1. The number of rotatable bonds is 7. The van der Waals surface area contributed by atoms with E-state index in [-0.39, 0.29) is 0 Å². The van der Waals surface area contributed by atoms with Crippen LogP contribution in [0, 0.1) is 0 Å². The van der Waals surface area contributed by atoms with Gasteiger partial charge in [0, 0.05) is 27.4 Å². The molecule has 2 nitrogen and oxygen atoms in total. The summed E-state index contributed by atoms with van der Waals surface area (Å²) in [6.45, 7) is 0. The van der Waals surface area contributed by atoms with Crippen LogP contribution in [0.1, 0.15) is 22.3 Å². The van der Waals surface area contributed by atoms with E-state index in [1.807, 2.05) is 0 Å². The first-order chi connectivity index (χ1) is 32.3. The van der Waals surface area contributed by atoms with Gasteiger partial charge >= 0.3 is 0 Å². The van der Waals surface area contributed by atoms with Gasteiger partial charge < -0.3 is 9.32 Å². The molecule has 0 aliphatic heterocycles. The van der Waals surface area contributed by atoms with E-state index < -0.39 is 5.41 Å². The first-order valence-corrected chi connectivity index (χ1v) is 22.4. The second kappa shape index (κ2) is 14.8. The SMILES string of the molecule is c1ccc(-c2ccc(-c3c(N(c4ccc5c(c4)C(c4ccccc4)(c4ccccc4)c4ccccc4-5)c4cccc5c4oc4ccccc45)c4ccccc4c4ccccc34)cc2)cc1. The third kappa shape index (κ3) is 5.60. The molecule has 2 heteroatoms. The van der Waals surface area contributed by atoms with E-state index in [9.17, 15) is 0 Å². The smallest absolute Gasteiger partial charge is 0.159 e. The molecule has 304 valence electrons. The standard InChI is InChI=1S/C63H41NO/c1-4-19-42(20-5-1)43-35-37-44(38-36-43)60-53-29-12-10-25-48(53)49-26-11-13-30-54(49)61(60)64(58-33-18-31-55-52-28-15-17-34-59(52)65-62(55)58)47-39-40-51-50-27-14-16-32-56(50)63(57(51)41-47,45-21-6-2-7-22-45)46-23-8-3-9-24-46/h1-41H. The Kier molecular flexibility index (Phi) is 8.47. The molecule has 0 spiro atoms. The van der Waals surface area contributed by atoms with E-state index in [1.54, 1.807) is 0 Å². The van der Waals surface area contributed by atoms with Gasteiger partial charge in [0.25, 0.3) is 0 Å². The lowest BCUT2D eigenvalue weighted by Gasteiger charge is -2.35. The molecule has 12 aromatic rings. The Labute approximate surface area is 377 Å². The third-order valence-electron chi connectivity index (χ3n) is 13.7. The number of nitrogens with zero attached hydrogens (tertiary/aromatic N) is 1. The number of para-hydroxylation sites is 2. The quantitative estimate of drug-likeness (QED) is 0.149. The summed E-state index contributed by atoms with van der Waals surface area (Å²) in [6, 6.07) is 90.9. The minimum absolute atomic E-state index is 0.580. The highest BCUT2D eigenvalue weighted by Crippen LogP contribution is 2.58. The summed E-state index contributed by atoms with van der Waals surface area (Å²) in [5.41, 5.74) is 16.4. The Morgan fingerprint density at radius 1 is 0.338 bits per heavy atom. The van der Waals surface area contributed by atoms with Crippen molar-refractivity contribution in [3.63, 3.8) is 0 Å². The largest absolute Gasteiger partial charge is 0.454 e. The molecule has 1 aromatic heterocycles. The number of hydrogen-bond donors (Lipinski definition) is 0.